The van der Waals surface area contributed by atoms with E-state index in [0.29, 0.717) is 11.3 Å². The Morgan fingerprint density at radius 1 is 1.00 bits per heavy atom. The molecule has 0 atom stereocenters. The maximum absolute atomic E-state index is 13.6. The normalized spacial score (nSPS) is 12.2. The number of amides is 1. The van der Waals surface area contributed by atoms with E-state index in [-0.39, 0.29) is 29.1 Å². The first-order valence-corrected chi connectivity index (χ1v) is 13.3. The molecule has 0 spiro atoms. The lowest BCUT2D eigenvalue weighted by Crippen LogP contribution is -2.40. The number of alkyl halides is 3. The summed E-state index contributed by atoms with van der Waals surface area (Å²) < 4.78 is 90.3. The fourth-order valence-corrected chi connectivity index (χ4v) is 5.12. The first kappa shape index (κ1) is 27.9. The Balaban J connectivity index is 1.31. The molecule has 1 amide bonds. The largest absolute Gasteiger partial charge is 0.448 e. The van der Waals surface area contributed by atoms with Crippen molar-refractivity contribution in [1.82, 2.24) is 24.6 Å². The summed E-state index contributed by atoms with van der Waals surface area (Å²) in [4.78, 5) is 24.7. The number of nitrogens with one attached hydrogen (secondary N) is 1. The maximum Gasteiger partial charge on any atom is 0.417 e. The summed E-state index contributed by atoms with van der Waals surface area (Å²) in [5.74, 6) is -1.27. The number of carbonyl (C=O) groups is 1. The number of nitrogens with zero attached hydrogens (tertiary/aromatic N) is 4. The Hall–Kier alpha value is -4.63. The van der Waals surface area contributed by atoms with E-state index >= 15 is 0 Å². The van der Waals surface area contributed by atoms with E-state index in [0.717, 1.165) is 34.8 Å². The van der Waals surface area contributed by atoms with E-state index in [1.54, 1.807) is 6.07 Å². The molecule has 0 unspecified atom stereocenters. The summed E-state index contributed by atoms with van der Waals surface area (Å²) in [6, 6.07) is 9.88. The van der Waals surface area contributed by atoms with Gasteiger partial charge in [-0.15, -0.1) is 0 Å². The van der Waals surface area contributed by atoms with E-state index in [1.165, 1.54) is 36.9 Å². The van der Waals surface area contributed by atoms with Crippen LogP contribution in [0.4, 0.5) is 17.6 Å². The zero-order valence-electron chi connectivity index (χ0n) is 20.8. The Labute approximate surface area is 229 Å². The molecule has 0 bridgehead atoms. The van der Waals surface area contributed by atoms with Crippen molar-refractivity contribution in [3.63, 3.8) is 0 Å². The average Bonchev–Trinajstić information content (AvgIpc) is 3.61. The molecule has 5 aromatic rings. The quantitative estimate of drug-likeness (QED) is 0.248. The van der Waals surface area contributed by atoms with Gasteiger partial charge in [-0.2, -0.15) is 17.5 Å². The molecule has 0 aliphatic rings. The third-order valence-corrected chi connectivity index (χ3v) is 7.48. The lowest BCUT2D eigenvalue weighted by molar-refractivity contribution is -0.137. The van der Waals surface area contributed by atoms with E-state index < -0.39 is 51.7 Å². The van der Waals surface area contributed by atoms with E-state index in [1.807, 2.05) is 0 Å². The molecule has 4 aromatic heterocycles. The predicted octanol–water partition coefficient (Wildman–Crippen LogP) is 4.54. The summed E-state index contributed by atoms with van der Waals surface area (Å²) in [5.41, 5.74) is 0.328. The zero-order chi connectivity index (χ0) is 29.2. The number of pyridine rings is 2. The minimum atomic E-state index is -4.52. The van der Waals surface area contributed by atoms with Gasteiger partial charge in [-0.3, -0.25) is 14.8 Å². The van der Waals surface area contributed by atoms with Gasteiger partial charge in [0.1, 0.15) is 17.7 Å². The van der Waals surface area contributed by atoms with Gasteiger partial charge in [-0.05, 0) is 42.5 Å². The predicted molar refractivity (Wildman–Crippen MR) is 135 cm³/mol. The highest BCUT2D eigenvalue weighted by Gasteiger charge is 2.32. The second-order valence-corrected chi connectivity index (χ2v) is 10.6. The van der Waals surface area contributed by atoms with Gasteiger partial charge in [0.05, 0.1) is 42.8 Å². The smallest absolute Gasteiger partial charge is 0.417 e. The van der Waals surface area contributed by atoms with Gasteiger partial charge < -0.3 is 14.2 Å². The molecular weight excluding hydrogens is 570 g/mol. The first-order chi connectivity index (χ1) is 19.5. The average molecular weight is 590 g/mol. The minimum absolute atomic E-state index is 0.0157. The van der Waals surface area contributed by atoms with Gasteiger partial charge in [-0.1, -0.05) is 0 Å². The molecule has 1 N–H and O–H groups in total. The van der Waals surface area contributed by atoms with Crippen LogP contribution in [0.3, 0.4) is 0 Å². The lowest BCUT2D eigenvalue weighted by Gasteiger charge is -2.19. The van der Waals surface area contributed by atoms with Crippen molar-refractivity contribution >= 4 is 26.9 Å². The number of aromatic nitrogens is 3. The summed E-state index contributed by atoms with van der Waals surface area (Å²) in [6.45, 7) is -1.18. The van der Waals surface area contributed by atoms with Crippen molar-refractivity contribution in [1.29, 1.82) is 0 Å². The zero-order valence-corrected chi connectivity index (χ0v) is 21.6. The highest BCUT2D eigenvalue weighted by atomic mass is 32.2. The van der Waals surface area contributed by atoms with Crippen LogP contribution < -0.4 is 5.32 Å². The Morgan fingerprint density at radius 2 is 1.83 bits per heavy atom. The third kappa shape index (κ3) is 6.41. The Kier molecular flexibility index (Phi) is 7.55. The highest BCUT2D eigenvalue weighted by Crippen LogP contribution is 2.30. The first-order valence-electron chi connectivity index (χ1n) is 11.8. The van der Waals surface area contributed by atoms with Crippen molar-refractivity contribution in [2.75, 3.05) is 6.54 Å². The molecule has 212 valence electrons. The number of hydrogen-bond acceptors (Lipinski definition) is 8. The van der Waals surface area contributed by atoms with Crippen LogP contribution in [-0.4, -0.2) is 40.1 Å². The van der Waals surface area contributed by atoms with Crippen LogP contribution in [-0.2, 0) is 34.1 Å². The minimum Gasteiger partial charge on any atom is -0.448 e. The van der Waals surface area contributed by atoms with Crippen LogP contribution in [0, 0.1) is 5.82 Å². The summed E-state index contributed by atoms with van der Waals surface area (Å²) in [6.07, 6.45) is 0.164. The number of fused-ring (bicyclic) bond motifs is 1. The number of oxazole rings is 1. The second kappa shape index (κ2) is 11.1. The SMILES string of the molecule is O=C(CN(Cc1ncco1)S(=O)(=O)c1cc2cc(F)ccc2o1)NCc1cc(-c2ccc(C(F)(F)F)cn2)ccn1. The molecule has 0 radical (unpaired) electrons. The van der Waals surface area contributed by atoms with Crippen LogP contribution in [0.15, 0.2) is 87.3 Å². The Morgan fingerprint density at radius 3 is 2.54 bits per heavy atom. The van der Waals surface area contributed by atoms with Gasteiger partial charge in [-0.25, -0.2) is 17.8 Å². The monoisotopic (exact) mass is 589 g/mol. The fourth-order valence-electron chi connectivity index (χ4n) is 3.82. The molecule has 5 rings (SSSR count). The summed E-state index contributed by atoms with van der Waals surface area (Å²) in [7, 11) is -4.41. The van der Waals surface area contributed by atoms with E-state index in [4.69, 9.17) is 8.83 Å². The maximum atomic E-state index is 13.6. The van der Waals surface area contributed by atoms with Gasteiger partial charge in [0, 0.05) is 29.4 Å². The molecule has 15 heteroatoms. The number of carbonyl (C=O) groups excluding carboxylic acids is 1. The van der Waals surface area contributed by atoms with Crippen molar-refractivity contribution in [3.05, 3.63) is 96.3 Å². The van der Waals surface area contributed by atoms with Crippen molar-refractivity contribution in [3.8, 4) is 11.3 Å². The van der Waals surface area contributed by atoms with Crippen molar-refractivity contribution in [2.45, 2.75) is 24.4 Å². The Bertz CT molecular complexity index is 1790. The van der Waals surface area contributed by atoms with E-state index in [9.17, 15) is 30.8 Å². The molecule has 0 aliphatic carbocycles. The van der Waals surface area contributed by atoms with Gasteiger partial charge >= 0.3 is 6.18 Å². The van der Waals surface area contributed by atoms with Gasteiger partial charge in [0.2, 0.25) is 16.9 Å². The number of benzene rings is 1. The van der Waals surface area contributed by atoms with Crippen molar-refractivity contribution in [2.24, 2.45) is 0 Å². The molecule has 1 aromatic carbocycles. The van der Waals surface area contributed by atoms with Crippen molar-refractivity contribution < 1.29 is 39.6 Å². The number of furan rings is 1. The number of halogens is 4. The third-order valence-electron chi connectivity index (χ3n) is 5.83. The second-order valence-electron chi connectivity index (χ2n) is 8.69. The van der Waals surface area contributed by atoms with Gasteiger partial charge in [0.15, 0.2) is 0 Å². The molecule has 0 aliphatic heterocycles. The molecular formula is C26H19F4N5O5S. The highest BCUT2D eigenvalue weighted by molar-refractivity contribution is 7.89. The van der Waals surface area contributed by atoms with Crippen LogP contribution in [0.2, 0.25) is 0 Å². The number of hydrogen-bond donors (Lipinski definition) is 1. The summed E-state index contributed by atoms with van der Waals surface area (Å²) >= 11 is 0. The fraction of sp³-hybridized carbons (Fsp3) is 0.154. The van der Waals surface area contributed by atoms with E-state index in [2.05, 4.69) is 20.3 Å². The molecule has 0 fully saturated rings. The lowest BCUT2D eigenvalue weighted by atomic mass is 10.1. The van der Waals surface area contributed by atoms with Crippen LogP contribution in [0.1, 0.15) is 17.1 Å². The molecule has 0 saturated heterocycles. The van der Waals surface area contributed by atoms with Gasteiger partial charge in [0.25, 0.3) is 10.0 Å². The van der Waals surface area contributed by atoms with Crippen LogP contribution in [0.5, 0.6) is 0 Å². The topological polar surface area (TPSA) is 131 Å². The standard InChI is InChI=1S/C26H19F4N5O5S/c27-19-2-4-22-17(9-19)11-25(40-22)41(37,38)35(15-24-32-7-8-39-24)14-23(36)34-13-20-10-16(5-6-31-20)21-3-1-18(12-33-21)26(28,29)30/h1-12H,13-15H2,(H,34,36). The molecule has 4 heterocycles. The van der Waals surface area contributed by atoms with Crippen LogP contribution >= 0.6 is 0 Å². The number of sulfonamides is 1. The summed E-state index contributed by atoms with van der Waals surface area (Å²) in [5, 5.41) is 2.28. The molecule has 0 saturated carbocycles. The molecule has 41 heavy (non-hydrogen) atoms. The number of rotatable bonds is 9. The van der Waals surface area contributed by atoms with Crippen LogP contribution in [0.25, 0.3) is 22.2 Å². The molecule has 10 nitrogen and oxygen atoms in total.